The Bertz CT molecular complexity index is 485. The second-order valence-electron chi connectivity index (χ2n) is 4.93. The Morgan fingerprint density at radius 2 is 1.84 bits per heavy atom. The highest BCUT2D eigenvalue weighted by Gasteiger charge is 2.25. The molecule has 19 heavy (non-hydrogen) atoms. The molecular weight excluding hydrogens is 265 g/mol. The van der Waals surface area contributed by atoms with E-state index in [4.69, 9.17) is 0 Å². The summed E-state index contributed by atoms with van der Waals surface area (Å²) >= 11 is 0. The van der Waals surface area contributed by atoms with E-state index < -0.39 is 15.1 Å². The van der Waals surface area contributed by atoms with E-state index in [0.29, 0.717) is 6.42 Å². The van der Waals surface area contributed by atoms with Crippen LogP contribution in [-0.2, 0) is 16.3 Å². The molecule has 0 aromatic heterocycles. The van der Waals surface area contributed by atoms with Gasteiger partial charge in [-0.05, 0) is 44.0 Å². The van der Waals surface area contributed by atoms with Crippen LogP contribution in [-0.4, -0.2) is 32.5 Å². The lowest BCUT2D eigenvalue weighted by molar-refractivity contribution is 0.481. The van der Waals surface area contributed by atoms with Crippen molar-refractivity contribution in [2.24, 2.45) is 0 Å². The number of nitrogens with one attached hydrogen (secondary N) is 1. The molecule has 5 heteroatoms. The molecule has 0 saturated carbocycles. The summed E-state index contributed by atoms with van der Waals surface area (Å²) in [5.41, 5.74) is 0.936. The van der Waals surface area contributed by atoms with Crippen LogP contribution in [0.3, 0.4) is 0 Å². The van der Waals surface area contributed by atoms with Gasteiger partial charge in [0.2, 0.25) is 0 Å². The SMILES string of the molecule is CCCNC(Cc1ccc(F)cc1)C(C)S(C)(=O)=O. The molecule has 0 saturated heterocycles. The Morgan fingerprint density at radius 3 is 2.32 bits per heavy atom. The fourth-order valence-corrected chi connectivity index (χ4v) is 2.70. The number of hydrogen-bond acceptors (Lipinski definition) is 3. The van der Waals surface area contributed by atoms with Crippen molar-refractivity contribution in [1.29, 1.82) is 0 Å². The maximum absolute atomic E-state index is 12.9. The third kappa shape index (κ3) is 5.28. The Kier molecular flexibility index (Phi) is 5.94. The van der Waals surface area contributed by atoms with Crippen LogP contribution in [0.15, 0.2) is 24.3 Å². The lowest BCUT2D eigenvalue weighted by Crippen LogP contribution is -2.44. The van der Waals surface area contributed by atoms with Crippen LogP contribution in [0.5, 0.6) is 0 Å². The van der Waals surface area contributed by atoms with Crippen LogP contribution in [0.25, 0.3) is 0 Å². The first kappa shape index (κ1) is 16.1. The molecule has 0 fully saturated rings. The van der Waals surface area contributed by atoms with Crippen molar-refractivity contribution < 1.29 is 12.8 Å². The Labute approximate surface area is 115 Å². The summed E-state index contributed by atoms with van der Waals surface area (Å²) in [7, 11) is -3.10. The molecule has 1 aromatic rings. The minimum atomic E-state index is -3.10. The molecule has 1 rings (SSSR count). The van der Waals surface area contributed by atoms with Gasteiger partial charge in [0.25, 0.3) is 0 Å². The predicted octanol–water partition coefficient (Wildman–Crippen LogP) is 2.17. The molecule has 0 heterocycles. The summed E-state index contributed by atoms with van der Waals surface area (Å²) in [6, 6.07) is 6.05. The summed E-state index contributed by atoms with van der Waals surface area (Å²) in [4.78, 5) is 0. The molecule has 0 aliphatic rings. The minimum absolute atomic E-state index is 0.152. The van der Waals surface area contributed by atoms with Crippen molar-refractivity contribution >= 4 is 9.84 Å². The van der Waals surface area contributed by atoms with Gasteiger partial charge in [-0.2, -0.15) is 0 Å². The maximum Gasteiger partial charge on any atom is 0.151 e. The van der Waals surface area contributed by atoms with E-state index >= 15 is 0 Å². The third-order valence-electron chi connectivity index (χ3n) is 3.27. The molecule has 2 unspecified atom stereocenters. The molecule has 0 radical (unpaired) electrons. The molecule has 0 aliphatic carbocycles. The first-order valence-electron chi connectivity index (χ1n) is 6.51. The third-order valence-corrected chi connectivity index (χ3v) is 4.95. The van der Waals surface area contributed by atoms with Gasteiger partial charge < -0.3 is 5.32 Å². The van der Waals surface area contributed by atoms with Crippen LogP contribution >= 0.6 is 0 Å². The molecule has 108 valence electrons. The van der Waals surface area contributed by atoms with E-state index in [1.54, 1.807) is 19.1 Å². The number of halogens is 1. The second kappa shape index (κ2) is 7.01. The molecule has 3 nitrogen and oxygen atoms in total. The van der Waals surface area contributed by atoms with E-state index in [9.17, 15) is 12.8 Å². The Balaban J connectivity index is 2.82. The zero-order valence-electron chi connectivity index (χ0n) is 11.7. The topological polar surface area (TPSA) is 46.2 Å². The zero-order chi connectivity index (χ0) is 14.5. The van der Waals surface area contributed by atoms with E-state index in [-0.39, 0.29) is 11.9 Å². The normalized spacial score (nSPS) is 15.2. The van der Waals surface area contributed by atoms with Crippen LogP contribution in [0.2, 0.25) is 0 Å². The molecule has 1 aromatic carbocycles. The van der Waals surface area contributed by atoms with Crippen molar-refractivity contribution in [3.05, 3.63) is 35.6 Å². The summed E-state index contributed by atoms with van der Waals surface area (Å²) in [6.45, 7) is 4.52. The van der Waals surface area contributed by atoms with Crippen LogP contribution in [0.1, 0.15) is 25.8 Å². The smallest absolute Gasteiger partial charge is 0.151 e. The molecule has 0 bridgehead atoms. The molecule has 1 N–H and O–H groups in total. The van der Waals surface area contributed by atoms with Gasteiger partial charge in [-0.3, -0.25) is 0 Å². The monoisotopic (exact) mass is 287 g/mol. The van der Waals surface area contributed by atoms with E-state index in [1.807, 2.05) is 6.92 Å². The van der Waals surface area contributed by atoms with Crippen LogP contribution < -0.4 is 5.32 Å². The van der Waals surface area contributed by atoms with E-state index in [2.05, 4.69) is 5.32 Å². The quantitative estimate of drug-likeness (QED) is 0.836. The average molecular weight is 287 g/mol. The summed E-state index contributed by atoms with van der Waals surface area (Å²) in [6.07, 6.45) is 2.77. The van der Waals surface area contributed by atoms with Gasteiger partial charge in [0.1, 0.15) is 5.82 Å². The number of benzene rings is 1. The summed E-state index contributed by atoms with van der Waals surface area (Å²) < 4.78 is 36.2. The second-order valence-corrected chi connectivity index (χ2v) is 7.33. The van der Waals surface area contributed by atoms with E-state index in [1.165, 1.54) is 18.4 Å². The molecule has 2 atom stereocenters. The standard InChI is InChI=1S/C14H22FNO2S/c1-4-9-16-14(11(2)19(3,17)18)10-12-5-7-13(15)8-6-12/h5-8,11,14,16H,4,9-10H2,1-3H3. The predicted molar refractivity (Wildman–Crippen MR) is 76.5 cm³/mol. The zero-order valence-corrected chi connectivity index (χ0v) is 12.5. The first-order valence-corrected chi connectivity index (χ1v) is 8.46. The van der Waals surface area contributed by atoms with Gasteiger partial charge in [-0.25, -0.2) is 12.8 Å². The number of hydrogen-bond donors (Lipinski definition) is 1. The van der Waals surface area contributed by atoms with E-state index in [0.717, 1.165) is 18.5 Å². The van der Waals surface area contributed by atoms with Gasteiger partial charge in [0, 0.05) is 12.3 Å². The molecular formula is C14H22FNO2S. The number of rotatable bonds is 7. The fourth-order valence-electron chi connectivity index (χ4n) is 1.91. The minimum Gasteiger partial charge on any atom is -0.312 e. The van der Waals surface area contributed by atoms with Crippen molar-refractivity contribution in [2.45, 2.75) is 38.0 Å². The Morgan fingerprint density at radius 1 is 1.26 bits per heavy atom. The largest absolute Gasteiger partial charge is 0.312 e. The average Bonchev–Trinajstić information content (AvgIpc) is 2.35. The highest BCUT2D eigenvalue weighted by Crippen LogP contribution is 2.12. The summed E-state index contributed by atoms with van der Waals surface area (Å²) in [5.74, 6) is -0.280. The van der Waals surface area contributed by atoms with Crippen molar-refractivity contribution in [3.8, 4) is 0 Å². The van der Waals surface area contributed by atoms with Gasteiger partial charge in [-0.15, -0.1) is 0 Å². The lowest BCUT2D eigenvalue weighted by atomic mass is 10.0. The van der Waals surface area contributed by atoms with Crippen molar-refractivity contribution in [2.75, 3.05) is 12.8 Å². The lowest BCUT2D eigenvalue weighted by Gasteiger charge is -2.24. The molecule has 0 amide bonds. The van der Waals surface area contributed by atoms with Crippen LogP contribution in [0.4, 0.5) is 4.39 Å². The van der Waals surface area contributed by atoms with Gasteiger partial charge in [-0.1, -0.05) is 19.1 Å². The van der Waals surface area contributed by atoms with Crippen molar-refractivity contribution in [3.63, 3.8) is 0 Å². The van der Waals surface area contributed by atoms with Gasteiger partial charge >= 0.3 is 0 Å². The highest BCUT2D eigenvalue weighted by atomic mass is 32.2. The molecule has 0 spiro atoms. The van der Waals surface area contributed by atoms with Crippen molar-refractivity contribution in [1.82, 2.24) is 5.32 Å². The molecule has 0 aliphatic heterocycles. The van der Waals surface area contributed by atoms with Crippen LogP contribution in [0, 0.1) is 5.82 Å². The Hall–Kier alpha value is -0.940. The fraction of sp³-hybridized carbons (Fsp3) is 0.571. The maximum atomic E-state index is 12.9. The highest BCUT2D eigenvalue weighted by molar-refractivity contribution is 7.91. The summed E-state index contributed by atoms with van der Waals surface area (Å²) in [5, 5.41) is 2.80. The van der Waals surface area contributed by atoms with Gasteiger partial charge in [0.15, 0.2) is 9.84 Å². The first-order chi connectivity index (χ1) is 8.84. The number of sulfone groups is 1. The van der Waals surface area contributed by atoms with Gasteiger partial charge in [0.05, 0.1) is 5.25 Å².